The highest BCUT2D eigenvalue weighted by atomic mass is 16.5. The molecule has 0 bridgehead atoms. The van der Waals surface area contributed by atoms with Gasteiger partial charge in [-0.1, -0.05) is 17.7 Å². The molecule has 10 nitrogen and oxygen atoms in total. The van der Waals surface area contributed by atoms with Gasteiger partial charge in [0.1, 0.15) is 12.3 Å². The van der Waals surface area contributed by atoms with Crippen molar-refractivity contribution in [1.82, 2.24) is 19.2 Å². The number of aryl methyl sites for hydroxylation is 1. The fourth-order valence-electron chi connectivity index (χ4n) is 3.07. The molecule has 0 aliphatic carbocycles. The Morgan fingerprint density at radius 1 is 1.06 bits per heavy atom. The molecule has 0 spiro atoms. The molecule has 10 heteroatoms. The van der Waals surface area contributed by atoms with Crippen LogP contribution >= 0.6 is 0 Å². The Morgan fingerprint density at radius 2 is 1.81 bits per heavy atom. The number of carbonyl (C=O) groups is 1. The zero-order chi connectivity index (χ0) is 22.7. The van der Waals surface area contributed by atoms with Crippen molar-refractivity contribution < 1.29 is 19.0 Å². The van der Waals surface area contributed by atoms with E-state index < -0.39 is 11.6 Å². The van der Waals surface area contributed by atoms with Gasteiger partial charge in [-0.15, -0.1) is 5.10 Å². The predicted molar refractivity (Wildman–Crippen MR) is 117 cm³/mol. The van der Waals surface area contributed by atoms with Gasteiger partial charge in [-0.05, 0) is 31.2 Å². The van der Waals surface area contributed by atoms with E-state index >= 15 is 0 Å². The van der Waals surface area contributed by atoms with Crippen LogP contribution in [-0.2, 0) is 11.3 Å². The number of fused-ring (bicyclic) bond motifs is 1. The molecule has 0 aliphatic rings. The number of hydrogen-bond donors (Lipinski definition) is 1. The molecule has 2 aromatic heterocycles. The molecule has 0 unspecified atom stereocenters. The fourth-order valence-corrected chi connectivity index (χ4v) is 3.07. The normalized spacial score (nSPS) is 10.7. The predicted octanol–water partition coefficient (Wildman–Crippen LogP) is 2.65. The molecule has 0 fully saturated rings. The van der Waals surface area contributed by atoms with Gasteiger partial charge in [0.2, 0.25) is 11.6 Å². The lowest BCUT2D eigenvalue weighted by Gasteiger charge is -2.10. The Kier molecular flexibility index (Phi) is 5.75. The van der Waals surface area contributed by atoms with Crippen molar-refractivity contribution in [1.29, 1.82) is 0 Å². The van der Waals surface area contributed by atoms with Gasteiger partial charge in [-0.3, -0.25) is 4.79 Å². The molecular formula is C22H21N5O5. The fraction of sp³-hybridized carbons (Fsp3) is 0.182. The van der Waals surface area contributed by atoms with E-state index in [1.54, 1.807) is 30.3 Å². The van der Waals surface area contributed by atoms with Crippen molar-refractivity contribution in [2.75, 3.05) is 19.5 Å². The summed E-state index contributed by atoms with van der Waals surface area (Å²) in [6, 6.07) is 12.4. The minimum Gasteiger partial charge on any atom is -0.493 e. The minimum atomic E-state index is -0.487. The summed E-state index contributed by atoms with van der Waals surface area (Å²) in [7, 11) is 3.03. The number of nitrogens with one attached hydrogen (secondary N) is 1. The number of carbonyl (C=O) groups excluding carboxylic acids is 1. The molecule has 1 N–H and O–H groups in total. The van der Waals surface area contributed by atoms with Gasteiger partial charge >= 0.3 is 5.69 Å². The SMILES string of the molecule is COc1ccc(NC(=O)Cn2nc3c(Oc4ccc(C)cc4)nccn3c2=O)cc1OC. The van der Waals surface area contributed by atoms with Crippen LogP contribution in [0.3, 0.4) is 0 Å². The molecule has 1 amide bonds. The quantitative estimate of drug-likeness (QED) is 0.475. The first-order valence-electron chi connectivity index (χ1n) is 9.69. The van der Waals surface area contributed by atoms with Crippen LogP contribution in [0.1, 0.15) is 5.56 Å². The average molecular weight is 435 g/mol. The Labute approximate surface area is 183 Å². The summed E-state index contributed by atoms with van der Waals surface area (Å²) >= 11 is 0. The third-order valence-electron chi connectivity index (χ3n) is 4.67. The van der Waals surface area contributed by atoms with E-state index in [0.29, 0.717) is 22.9 Å². The summed E-state index contributed by atoms with van der Waals surface area (Å²) in [4.78, 5) is 29.4. The van der Waals surface area contributed by atoms with Gasteiger partial charge in [0.05, 0.1) is 14.2 Å². The van der Waals surface area contributed by atoms with Gasteiger partial charge in [-0.2, -0.15) is 0 Å². The maximum Gasteiger partial charge on any atom is 0.351 e. The number of amides is 1. The molecule has 0 saturated heterocycles. The van der Waals surface area contributed by atoms with Crippen LogP contribution in [0.4, 0.5) is 5.69 Å². The van der Waals surface area contributed by atoms with Crippen LogP contribution < -0.4 is 25.2 Å². The highest BCUT2D eigenvalue weighted by molar-refractivity contribution is 5.90. The summed E-state index contributed by atoms with van der Waals surface area (Å²) in [5.41, 5.74) is 1.30. The van der Waals surface area contributed by atoms with E-state index in [0.717, 1.165) is 10.2 Å². The first-order chi connectivity index (χ1) is 15.5. The molecule has 0 aliphatic heterocycles. The number of aromatic nitrogens is 4. The summed E-state index contributed by atoms with van der Waals surface area (Å²) in [5, 5.41) is 6.96. The number of hydrogen-bond acceptors (Lipinski definition) is 7. The molecule has 164 valence electrons. The summed E-state index contributed by atoms with van der Waals surface area (Å²) < 4.78 is 18.5. The van der Waals surface area contributed by atoms with E-state index in [9.17, 15) is 9.59 Å². The van der Waals surface area contributed by atoms with Crippen molar-refractivity contribution in [2.45, 2.75) is 13.5 Å². The summed E-state index contributed by atoms with van der Waals surface area (Å²) in [6.07, 6.45) is 2.91. The van der Waals surface area contributed by atoms with E-state index in [2.05, 4.69) is 15.4 Å². The lowest BCUT2D eigenvalue weighted by Crippen LogP contribution is -2.28. The number of methoxy groups -OCH3 is 2. The van der Waals surface area contributed by atoms with E-state index in [-0.39, 0.29) is 18.1 Å². The van der Waals surface area contributed by atoms with Gasteiger partial charge in [-0.25, -0.2) is 18.9 Å². The Balaban J connectivity index is 1.56. The van der Waals surface area contributed by atoms with E-state index in [1.165, 1.54) is 31.0 Å². The molecule has 4 aromatic rings. The molecule has 0 saturated carbocycles. The van der Waals surface area contributed by atoms with Crippen LogP contribution in [0.2, 0.25) is 0 Å². The largest absolute Gasteiger partial charge is 0.493 e. The maximum atomic E-state index is 12.7. The van der Waals surface area contributed by atoms with Gasteiger partial charge in [0.25, 0.3) is 5.88 Å². The van der Waals surface area contributed by atoms with Crippen molar-refractivity contribution >= 4 is 17.2 Å². The third-order valence-corrected chi connectivity index (χ3v) is 4.67. The lowest BCUT2D eigenvalue weighted by atomic mass is 10.2. The van der Waals surface area contributed by atoms with Crippen LogP contribution in [0.5, 0.6) is 23.1 Å². The number of anilines is 1. The van der Waals surface area contributed by atoms with Gasteiger partial charge in [0.15, 0.2) is 11.5 Å². The first-order valence-corrected chi connectivity index (χ1v) is 9.69. The Hall–Kier alpha value is -4.34. The number of ether oxygens (including phenoxy) is 3. The second kappa shape index (κ2) is 8.80. The number of benzene rings is 2. The molecular weight excluding hydrogens is 414 g/mol. The average Bonchev–Trinajstić information content (AvgIpc) is 3.11. The highest BCUT2D eigenvalue weighted by Crippen LogP contribution is 2.29. The molecule has 4 rings (SSSR count). The van der Waals surface area contributed by atoms with Crippen molar-refractivity contribution in [3.63, 3.8) is 0 Å². The summed E-state index contributed by atoms with van der Waals surface area (Å²) in [6.45, 7) is 1.68. The molecule has 0 atom stereocenters. The maximum absolute atomic E-state index is 12.7. The Bertz CT molecular complexity index is 1330. The van der Waals surface area contributed by atoms with Crippen LogP contribution in [0.25, 0.3) is 5.65 Å². The third kappa shape index (κ3) is 4.24. The first kappa shape index (κ1) is 20.9. The van der Waals surface area contributed by atoms with E-state index in [1.807, 2.05) is 19.1 Å². The molecule has 2 aromatic carbocycles. The topological polar surface area (TPSA) is 109 Å². The number of nitrogens with zero attached hydrogens (tertiary/aromatic N) is 4. The summed E-state index contributed by atoms with van der Waals surface area (Å²) in [5.74, 6) is 1.29. The second-order valence-corrected chi connectivity index (χ2v) is 6.90. The molecule has 32 heavy (non-hydrogen) atoms. The van der Waals surface area contributed by atoms with Crippen molar-refractivity contribution in [3.05, 3.63) is 70.9 Å². The zero-order valence-electron chi connectivity index (χ0n) is 17.7. The minimum absolute atomic E-state index is 0.160. The van der Waals surface area contributed by atoms with Crippen LogP contribution in [0, 0.1) is 6.92 Å². The smallest absolute Gasteiger partial charge is 0.351 e. The van der Waals surface area contributed by atoms with Crippen LogP contribution in [0.15, 0.2) is 59.7 Å². The van der Waals surface area contributed by atoms with Gasteiger partial charge < -0.3 is 19.5 Å². The Morgan fingerprint density at radius 3 is 2.53 bits per heavy atom. The molecule has 2 heterocycles. The monoisotopic (exact) mass is 435 g/mol. The second-order valence-electron chi connectivity index (χ2n) is 6.90. The highest BCUT2D eigenvalue weighted by Gasteiger charge is 2.16. The zero-order valence-corrected chi connectivity index (χ0v) is 17.7. The standard InChI is InChI=1S/C22H21N5O5/c1-14-4-7-16(8-5-14)32-21-20-25-27(22(29)26(20)11-10-23-21)13-19(28)24-15-6-9-17(30-2)18(12-15)31-3/h4-12H,13H2,1-3H3,(H,24,28). The van der Waals surface area contributed by atoms with Crippen molar-refractivity contribution in [2.24, 2.45) is 0 Å². The lowest BCUT2D eigenvalue weighted by molar-refractivity contribution is -0.117. The number of rotatable bonds is 7. The molecule has 0 radical (unpaired) electrons. The van der Waals surface area contributed by atoms with Crippen molar-refractivity contribution in [3.8, 4) is 23.1 Å². The van der Waals surface area contributed by atoms with Crippen LogP contribution in [-0.4, -0.2) is 39.3 Å². The van der Waals surface area contributed by atoms with E-state index in [4.69, 9.17) is 14.2 Å². The van der Waals surface area contributed by atoms with Gasteiger partial charge in [0, 0.05) is 24.1 Å².